The van der Waals surface area contributed by atoms with Crippen molar-refractivity contribution in [2.75, 3.05) is 13.6 Å². The molecule has 3 aromatic rings. The third kappa shape index (κ3) is 5.67. The second-order valence-corrected chi connectivity index (χ2v) is 6.23. The average molecular weight is 365 g/mol. The lowest BCUT2D eigenvalue weighted by molar-refractivity contribution is 0.606. The summed E-state index contributed by atoms with van der Waals surface area (Å²) in [5.74, 6) is 0.509. The van der Waals surface area contributed by atoms with Crippen LogP contribution in [0.5, 0.6) is 0 Å². The zero-order chi connectivity index (χ0) is 18.9. The van der Waals surface area contributed by atoms with E-state index in [0.717, 1.165) is 12.1 Å². The Balaban J connectivity index is 1.45. The van der Waals surface area contributed by atoms with Crippen molar-refractivity contribution in [3.8, 4) is 0 Å². The van der Waals surface area contributed by atoms with Gasteiger partial charge in [0.15, 0.2) is 5.96 Å². The van der Waals surface area contributed by atoms with E-state index in [1.807, 2.05) is 41.3 Å². The highest BCUT2D eigenvalue weighted by Gasteiger charge is 2.04. The molecule has 0 aliphatic heterocycles. The van der Waals surface area contributed by atoms with Gasteiger partial charge in [-0.05, 0) is 23.6 Å². The lowest BCUT2D eigenvalue weighted by atomic mass is 10.1. The Bertz CT molecular complexity index is 873. The fraction of sp³-hybridized carbons (Fsp3) is 0.238. The van der Waals surface area contributed by atoms with Crippen LogP contribution in [0, 0.1) is 5.82 Å². The van der Waals surface area contributed by atoms with E-state index < -0.39 is 0 Å². The number of hydrogen-bond acceptors (Lipinski definition) is 2. The monoisotopic (exact) mass is 365 g/mol. The number of aromatic nitrogens is 2. The molecule has 0 atom stereocenters. The highest BCUT2D eigenvalue weighted by atomic mass is 19.1. The highest BCUT2D eigenvalue weighted by molar-refractivity contribution is 5.79. The number of nitrogens with zero attached hydrogens (tertiary/aromatic N) is 3. The van der Waals surface area contributed by atoms with Crippen molar-refractivity contribution >= 4 is 5.96 Å². The van der Waals surface area contributed by atoms with Crippen LogP contribution in [0.2, 0.25) is 0 Å². The normalized spacial score (nSPS) is 11.4. The van der Waals surface area contributed by atoms with E-state index in [1.165, 1.54) is 11.6 Å². The van der Waals surface area contributed by atoms with Gasteiger partial charge < -0.3 is 10.6 Å². The van der Waals surface area contributed by atoms with Gasteiger partial charge in [0.05, 0.1) is 12.7 Å². The maximum absolute atomic E-state index is 13.6. The minimum atomic E-state index is -0.173. The maximum atomic E-state index is 13.6. The van der Waals surface area contributed by atoms with Crippen molar-refractivity contribution in [1.29, 1.82) is 0 Å². The van der Waals surface area contributed by atoms with Gasteiger partial charge in [0.25, 0.3) is 0 Å². The molecule has 2 aromatic carbocycles. The van der Waals surface area contributed by atoms with E-state index in [9.17, 15) is 4.39 Å². The van der Waals surface area contributed by atoms with Crippen LogP contribution in [0.15, 0.2) is 72.0 Å². The zero-order valence-corrected chi connectivity index (χ0v) is 15.4. The van der Waals surface area contributed by atoms with Gasteiger partial charge in [-0.15, -0.1) is 0 Å². The Kier molecular flexibility index (Phi) is 6.57. The number of rotatable bonds is 7. The molecule has 140 valence electrons. The van der Waals surface area contributed by atoms with Crippen LogP contribution in [-0.2, 0) is 19.5 Å². The fourth-order valence-electron chi connectivity index (χ4n) is 2.78. The smallest absolute Gasteiger partial charge is 0.191 e. The lowest BCUT2D eigenvalue weighted by Gasteiger charge is -2.11. The minimum Gasteiger partial charge on any atom is -0.356 e. The summed E-state index contributed by atoms with van der Waals surface area (Å²) in [5.41, 5.74) is 2.98. The topological polar surface area (TPSA) is 54.2 Å². The Hall–Kier alpha value is -3.15. The summed E-state index contributed by atoms with van der Waals surface area (Å²) >= 11 is 0. The van der Waals surface area contributed by atoms with Crippen molar-refractivity contribution in [3.05, 3.63) is 89.5 Å². The predicted molar refractivity (Wildman–Crippen MR) is 106 cm³/mol. The summed E-state index contributed by atoms with van der Waals surface area (Å²) in [5, 5.41) is 10.9. The van der Waals surface area contributed by atoms with Crippen LogP contribution in [-0.4, -0.2) is 29.3 Å². The summed E-state index contributed by atoms with van der Waals surface area (Å²) in [6.45, 7) is 1.97. The molecule has 6 heteroatoms. The van der Waals surface area contributed by atoms with Crippen LogP contribution < -0.4 is 10.6 Å². The van der Waals surface area contributed by atoms with Gasteiger partial charge in [0, 0.05) is 31.9 Å². The molecular weight excluding hydrogens is 341 g/mol. The standard InChI is InChI=1S/C21H24FN5/c1-23-21(24-12-11-19-9-5-6-10-20(19)22)25-13-18-14-26-27(16-18)15-17-7-3-2-4-8-17/h2-10,14,16H,11-13,15H2,1H3,(H2,23,24,25). The Morgan fingerprint density at radius 1 is 1.04 bits per heavy atom. The average Bonchev–Trinajstić information content (AvgIpc) is 3.14. The summed E-state index contributed by atoms with van der Waals surface area (Å²) < 4.78 is 15.6. The van der Waals surface area contributed by atoms with Gasteiger partial charge >= 0.3 is 0 Å². The third-order valence-corrected chi connectivity index (χ3v) is 4.20. The van der Waals surface area contributed by atoms with Crippen LogP contribution >= 0.6 is 0 Å². The molecule has 1 aromatic heterocycles. The van der Waals surface area contributed by atoms with E-state index in [4.69, 9.17) is 0 Å². The molecule has 5 nitrogen and oxygen atoms in total. The fourth-order valence-corrected chi connectivity index (χ4v) is 2.78. The van der Waals surface area contributed by atoms with Crippen LogP contribution in [0.1, 0.15) is 16.7 Å². The van der Waals surface area contributed by atoms with Crippen molar-refractivity contribution in [1.82, 2.24) is 20.4 Å². The highest BCUT2D eigenvalue weighted by Crippen LogP contribution is 2.06. The Morgan fingerprint density at radius 3 is 2.59 bits per heavy atom. The minimum absolute atomic E-state index is 0.173. The van der Waals surface area contributed by atoms with Crippen LogP contribution in [0.3, 0.4) is 0 Å². The van der Waals surface area contributed by atoms with E-state index >= 15 is 0 Å². The number of hydrogen-bond donors (Lipinski definition) is 2. The molecule has 0 bridgehead atoms. The van der Waals surface area contributed by atoms with E-state index in [0.29, 0.717) is 31.0 Å². The number of guanidine groups is 1. The molecule has 0 aliphatic rings. The molecule has 0 unspecified atom stereocenters. The van der Waals surface area contributed by atoms with Crippen molar-refractivity contribution in [2.45, 2.75) is 19.5 Å². The van der Waals surface area contributed by atoms with Crippen LogP contribution in [0.4, 0.5) is 4.39 Å². The van der Waals surface area contributed by atoms with Crippen molar-refractivity contribution < 1.29 is 4.39 Å². The van der Waals surface area contributed by atoms with Gasteiger partial charge in [-0.25, -0.2) is 4.39 Å². The third-order valence-electron chi connectivity index (χ3n) is 4.20. The Morgan fingerprint density at radius 2 is 1.81 bits per heavy atom. The summed E-state index contributed by atoms with van der Waals surface area (Å²) in [6.07, 6.45) is 4.47. The molecule has 0 saturated carbocycles. The number of halogens is 1. The van der Waals surface area contributed by atoms with E-state index in [-0.39, 0.29) is 5.82 Å². The molecule has 27 heavy (non-hydrogen) atoms. The van der Waals surface area contributed by atoms with Gasteiger partial charge in [-0.1, -0.05) is 48.5 Å². The molecule has 0 saturated heterocycles. The molecule has 0 spiro atoms. The SMILES string of the molecule is CN=C(NCCc1ccccc1F)NCc1cnn(Cc2ccccc2)c1. The van der Waals surface area contributed by atoms with Gasteiger partial charge in [0.2, 0.25) is 0 Å². The summed E-state index contributed by atoms with van der Waals surface area (Å²) in [7, 11) is 1.72. The summed E-state index contributed by atoms with van der Waals surface area (Å²) in [4.78, 5) is 4.20. The lowest BCUT2D eigenvalue weighted by Crippen LogP contribution is -2.37. The first-order chi connectivity index (χ1) is 13.2. The number of nitrogens with one attached hydrogen (secondary N) is 2. The van der Waals surface area contributed by atoms with Crippen LogP contribution in [0.25, 0.3) is 0 Å². The molecular formula is C21H24FN5. The van der Waals surface area contributed by atoms with Crippen molar-refractivity contribution in [3.63, 3.8) is 0 Å². The zero-order valence-electron chi connectivity index (χ0n) is 15.4. The quantitative estimate of drug-likeness (QED) is 0.500. The van der Waals surface area contributed by atoms with Crippen molar-refractivity contribution in [2.24, 2.45) is 4.99 Å². The van der Waals surface area contributed by atoms with Gasteiger partial charge in [-0.3, -0.25) is 9.67 Å². The first-order valence-corrected chi connectivity index (χ1v) is 8.98. The molecule has 2 N–H and O–H groups in total. The largest absolute Gasteiger partial charge is 0.356 e. The predicted octanol–water partition coefficient (Wildman–Crippen LogP) is 2.98. The van der Waals surface area contributed by atoms with E-state index in [2.05, 4.69) is 32.9 Å². The molecule has 0 amide bonds. The first-order valence-electron chi connectivity index (χ1n) is 8.98. The molecule has 1 heterocycles. The number of aliphatic imine (C=N–C) groups is 1. The summed E-state index contributed by atoms with van der Waals surface area (Å²) in [6, 6.07) is 17.1. The second-order valence-electron chi connectivity index (χ2n) is 6.23. The maximum Gasteiger partial charge on any atom is 0.191 e. The molecule has 0 fully saturated rings. The Labute approximate surface area is 159 Å². The second kappa shape index (κ2) is 9.52. The number of benzene rings is 2. The van der Waals surface area contributed by atoms with Gasteiger partial charge in [-0.2, -0.15) is 5.10 Å². The van der Waals surface area contributed by atoms with Gasteiger partial charge in [0.1, 0.15) is 5.82 Å². The van der Waals surface area contributed by atoms with E-state index in [1.54, 1.807) is 19.2 Å². The molecule has 0 aliphatic carbocycles. The first kappa shape index (κ1) is 18.6. The molecule has 0 radical (unpaired) electrons. The molecule has 3 rings (SSSR count).